The van der Waals surface area contributed by atoms with Gasteiger partial charge in [-0.15, -0.1) is 8.80 Å². The van der Waals surface area contributed by atoms with Crippen LogP contribution in [0.1, 0.15) is 5.56 Å². The van der Waals surface area contributed by atoms with Crippen LogP contribution in [-0.4, -0.2) is 18.0 Å². The lowest BCUT2D eigenvalue weighted by molar-refractivity contribution is 0.566. The first-order valence-corrected chi connectivity index (χ1v) is 4.65. The molecule has 16 heavy (non-hydrogen) atoms. The van der Waals surface area contributed by atoms with Crippen molar-refractivity contribution >= 4 is 30.1 Å². The predicted octanol–water partition coefficient (Wildman–Crippen LogP) is 1.19. The van der Waals surface area contributed by atoms with Gasteiger partial charge in [-0.3, -0.25) is 5.41 Å². The second-order valence-electron chi connectivity index (χ2n) is 2.23. The van der Waals surface area contributed by atoms with E-state index in [-0.39, 0.29) is 5.84 Å². The van der Waals surface area contributed by atoms with Gasteiger partial charge in [0.2, 0.25) is 12.2 Å². The van der Waals surface area contributed by atoms with Gasteiger partial charge in [0, 0.05) is 5.56 Å². The molecule has 0 aliphatic carbocycles. The maximum Gasteiger partial charge on any atom is 0.249 e. The standard InChI is InChI=1S/C7H8N2.C2N2O2S/c8-7(9)6-4-2-1-3-5-6;5-1-3-7-4-2-6/h1-5H,(H3,8,9);. The van der Waals surface area contributed by atoms with Gasteiger partial charge in [-0.25, -0.2) is 9.59 Å². The van der Waals surface area contributed by atoms with Crippen molar-refractivity contribution in [3.8, 4) is 0 Å². The number of nitrogen functional groups attached to an aromatic ring is 1. The Balaban J connectivity index is 0.000000293. The molecule has 0 aliphatic rings. The third-order valence-corrected chi connectivity index (χ3v) is 1.55. The van der Waals surface area contributed by atoms with Gasteiger partial charge in [0.15, 0.2) is 0 Å². The molecule has 3 N–H and O–H groups in total. The fraction of sp³-hybridized carbons (Fsp3) is 0. The van der Waals surface area contributed by atoms with Crippen LogP contribution < -0.4 is 5.73 Å². The number of nitrogens with zero attached hydrogens (tertiary/aromatic N) is 2. The lowest BCUT2D eigenvalue weighted by Gasteiger charge is -1.93. The summed E-state index contributed by atoms with van der Waals surface area (Å²) in [6, 6.07) is 9.23. The van der Waals surface area contributed by atoms with Crippen LogP contribution in [0.2, 0.25) is 0 Å². The van der Waals surface area contributed by atoms with E-state index < -0.39 is 0 Å². The molecule has 6 nitrogen and oxygen atoms in total. The average molecular weight is 236 g/mol. The number of rotatable bonds is 3. The molecule has 0 radical (unpaired) electrons. The van der Waals surface area contributed by atoms with E-state index in [0.717, 1.165) is 5.56 Å². The van der Waals surface area contributed by atoms with E-state index >= 15 is 0 Å². The Morgan fingerprint density at radius 2 is 1.69 bits per heavy atom. The van der Waals surface area contributed by atoms with Crippen LogP contribution >= 0.6 is 12.1 Å². The van der Waals surface area contributed by atoms with Crippen LogP contribution in [0.25, 0.3) is 0 Å². The molecule has 82 valence electrons. The lowest BCUT2D eigenvalue weighted by atomic mass is 10.2. The Kier molecular flexibility index (Phi) is 8.07. The first kappa shape index (κ1) is 13.8. The zero-order chi connectivity index (χ0) is 12.2. The van der Waals surface area contributed by atoms with Crippen LogP contribution in [0.4, 0.5) is 0 Å². The van der Waals surface area contributed by atoms with Crippen LogP contribution in [0.15, 0.2) is 39.1 Å². The Bertz CT molecular complexity index is 406. The molecule has 1 aromatic carbocycles. The van der Waals surface area contributed by atoms with Crippen molar-refractivity contribution in [3.63, 3.8) is 0 Å². The smallest absolute Gasteiger partial charge is 0.249 e. The molecule has 1 aromatic rings. The molecule has 1 rings (SSSR count). The van der Waals surface area contributed by atoms with Crippen LogP contribution in [-0.2, 0) is 9.59 Å². The Morgan fingerprint density at radius 1 is 1.19 bits per heavy atom. The first-order chi connectivity index (χ1) is 7.72. The Labute approximate surface area is 96.1 Å². The monoisotopic (exact) mass is 236 g/mol. The maximum atomic E-state index is 9.18. The molecule has 0 bridgehead atoms. The van der Waals surface area contributed by atoms with Crippen molar-refractivity contribution in [3.05, 3.63) is 35.9 Å². The fourth-order valence-electron chi connectivity index (χ4n) is 0.671. The molecule has 0 unspecified atom stereocenters. The molecule has 0 spiro atoms. The summed E-state index contributed by atoms with van der Waals surface area (Å²) in [6.45, 7) is 0. The minimum absolute atomic E-state index is 0.121. The molecule has 0 aliphatic heterocycles. The molecule has 7 heteroatoms. The van der Waals surface area contributed by atoms with Gasteiger partial charge in [-0.05, 0) is 0 Å². The normalized spacial score (nSPS) is 7.50. The van der Waals surface area contributed by atoms with Crippen LogP contribution in [0.5, 0.6) is 0 Å². The number of benzene rings is 1. The average Bonchev–Trinajstić information content (AvgIpc) is 2.32. The summed E-state index contributed by atoms with van der Waals surface area (Å²) >= 11 is 0.456. The highest BCUT2D eigenvalue weighted by Crippen LogP contribution is 1.96. The van der Waals surface area contributed by atoms with Gasteiger partial charge in [0.1, 0.15) is 18.0 Å². The number of carbonyl (C=O) groups excluding carboxylic acids is 2. The molecular weight excluding hydrogens is 228 g/mol. The summed E-state index contributed by atoms with van der Waals surface area (Å²) in [7, 11) is 0. The van der Waals surface area contributed by atoms with Gasteiger partial charge < -0.3 is 5.73 Å². The fourth-order valence-corrected chi connectivity index (χ4v) is 0.779. The van der Waals surface area contributed by atoms with Crippen molar-refractivity contribution in [2.24, 2.45) is 14.5 Å². The Morgan fingerprint density at radius 3 is 2.00 bits per heavy atom. The second-order valence-corrected chi connectivity index (χ2v) is 2.75. The highest BCUT2D eigenvalue weighted by atomic mass is 32.2. The highest BCUT2D eigenvalue weighted by Gasteiger charge is 1.89. The molecule has 0 atom stereocenters. The number of hydrogen-bond donors (Lipinski definition) is 2. The van der Waals surface area contributed by atoms with E-state index in [2.05, 4.69) is 8.80 Å². The number of nitrogens with two attached hydrogens (primary N) is 1. The summed E-state index contributed by atoms with van der Waals surface area (Å²) in [5, 5.41) is 7.01. The highest BCUT2D eigenvalue weighted by molar-refractivity contribution is 7.96. The SMILES string of the molecule is N=C(N)c1ccccc1.O=C=NSN=C=O. The summed E-state index contributed by atoms with van der Waals surface area (Å²) in [4.78, 5) is 18.4. The van der Waals surface area contributed by atoms with Crippen LogP contribution in [0, 0.1) is 5.41 Å². The third kappa shape index (κ3) is 7.23. The van der Waals surface area contributed by atoms with E-state index in [1.165, 1.54) is 12.2 Å². The molecule has 0 saturated heterocycles. The molecular formula is C9H8N4O2S. The van der Waals surface area contributed by atoms with Gasteiger partial charge in [0.05, 0.1) is 0 Å². The van der Waals surface area contributed by atoms with E-state index in [9.17, 15) is 9.59 Å². The van der Waals surface area contributed by atoms with Gasteiger partial charge in [-0.2, -0.15) is 0 Å². The second kappa shape index (κ2) is 9.36. The van der Waals surface area contributed by atoms with Gasteiger partial charge in [-0.1, -0.05) is 30.3 Å². The molecule has 0 fully saturated rings. The minimum atomic E-state index is 0.121. The molecule has 0 amide bonds. The van der Waals surface area contributed by atoms with E-state index in [4.69, 9.17) is 11.1 Å². The number of isocyanates is 2. The molecule has 0 aromatic heterocycles. The number of nitrogens with one attached hydrogen (secondary N) is 1. The van der Waals surface area contributed by atoms with E-state index in [1.807, 2.05) is 30.3 Å². The largest absolute Gasteiger partial charge is 0.384 e. The van der Waals surface area contributed by atoms with Crippen molar-refractivity contribution in [2.45, 2.75) is 0 Å². The zero-order valence-corrected chi connectivity index (χ0v) is 8.90. The van der Waals surface area contributed by atoms with E-state index in [0.29, 0.717) is 12.1 Å². The first-order valence-electron chi connectivity index (χ1n) is 3.92. The van der Waals surface area contributed by atoms with Crippen molar-refractivity contribution in [1.82, 2.24) is 0 Å². The van der Waals surface area contributed by atoms with Crippen LogP contribution in [0.3, 0.4) is 0 Å². The maximum absolute atomic E-state index is 9.18. The van der Waals surface area contributed by atoms with Crippen molar-refractivity contribution in [1.29, 1.82) is 5.41 Å². The third-order valence-electron chi connectivity index (χ3n) is 1.24. The number of amidine groups is 1. The predicted molar refractivity (Wildman–Crippen MR) is 61.3 cm³/mol. The minimum Gasteiger partial charge on any atom is -0.384 e. The van der Waals surface area contributed by atoms with Gasteiger partial charge >= 0.3 is 0 Å². The quantitative estimate of drug-likeness (QED) is 0.355. The zero-order valence-electron chi connectivity index (χ0n) is 8.08. The van der Waals surface area contributed by atoms with E-state index in [1.54, 1.807) is 0 Å². The topological polar surface area (TPSA) is 109 Å². The van der Waals surface area contributed by atoms with Crippen molar-refractivity contribution < 1.29 is 9.59 Å². The summed E-state index contributed by atoms with van der Waals surface area (Å²) in [5.41, 5.74) is 5.97. The summed E-state index contributed by atoms with van der Waals surface area (Å²) in [6.07, 6.45) is 2.34. The van der Waals surface area contributed by atoms with Crippen molar-refractivity contribution in [2.75, 3.05) is 0 Å². The Hall–Kier alpha value is -2.20. The molecule has 0 heterocycles. The summed E-state index contributed by atoms with van der Waals surface area (Å²) < 4.78 is 5.69. The molecule has 0 saturated carbocycles. The number of hydrogen-bond acceptors (Lipinski definition) is 6. The summed E-state index contributed by atoms with van der Waals surface area (Å²) in [5.74, 6) is 0.121. The van der Waals surface area contributed by atoms with Gasteiger partial charge in [0.25, 0.3) is 0 Å². The lowest BCUT2D eigenvalue weighted by Crippen LogP contribution is -2.10.